The third-order valence-electron chi connectivity index (χ3n) is 2.86. The standard InChI is InChI=1S/C17H17N/c1-3-18-13-14(2)15-9-11-17(12-10-15)16-7-5-4-6-8-16/h3-13H,1-2H3/b14-13+,18-3?. The van der Waals surface area contributed by atoms with Crippen molar-refractivity contribution in [3.05, 3.63) is 66.4 Å². The molecule has 1 heteroatoms. The minimum absolute atomic E-state index is 1.17. The number of benzene rings is 2. The molecule has 0 amide bonds. The largest absolute Gasteiger partial charge is 0.269 e. The molecular weight excluding hydrogens is 218 g/mol. The van der Waals surface area contributed by atoms with Gasteiger partial charge in [-0.25, -0.2) is 0 Å². The number of rotatable bonds is 3. The first-order valence-electron chi connectivity index (χ1n) is 6.11. The maximum Gasteiger partial charge on any atom is 0.0298 e. The molecule has 18 heavy (non-hydrogen) atoms. The average Bonchev–Trinajstić information content (AvgIpc) is 2.46. The Hall–Kier alpha value is -2.15. The van der Waals surface area contributed by atoms with Crippen LogP contribution >= 0.6 is 0 Å². The summed E-state index contributed by atoms with van der Waals surface area (Å²) in [5.41, 5.74) is 4.87. The lowest BCUT2D eigenvalue weighted by atomic mass is 10.0. The smallest absolute Gasteiger partial charge is 0.0298 e. The number of hydrogen-bond acceptors (Lipinski definition) is 1. The van der Waals surface area contributed by atoms with Crippen LogP contribution in [0.25, 0.3) is 16.7 Å². The molecule has 0 unspecified atom stereocenters. The average molecular weight is 235 g/mol. The van der Waals surface area contributed by atoms with Crippen LogP contribution in [0.2, 0.25) is 0 Å². The van der Waals surface area contributed by atoms with E-state index in [1.807, 2.05) is 19.2 Å². The fourth-order valence-corrected chi connectivity index (χ4v) is 1.82. The van der Waals surface area contributed by atoms with Gasteiger partial charge in [-0.05, 0) is 36.1 Å². The summed E-state index contributed by atoms with van der Waals surface area (Å²) >= 11 is 0. The minimum Gasteiger partial charge on any atom is -0.269 e. The van der Waals surface area contributed by atoms with E-state index in [4.69, 9.17) is 0 Å². The molecule has 0 atom stereocenters. The molecule has 0 spiro atoms. The zero-order valence-corrected chi connectivity index (χ0v) is 10.8. The van der Waals surface area contributed by atoms with E-state index in [-0.39, 0.29) is 0 Å². The highest BCUT2D eigenvalue weighted by Crippen LogP contribution is 2.22. The van der Waals surface area contributed by atoms with Gasteiger partial charge in [0.15, 0.2) is 0 Å². The van der Waals surface area contributed by atoms with Crippen molar-refractivity contribution in [1.82, 2.24) is 0 Å². The molecule has 1 nitrogen and oxygen atoms in total. The molecule has 0 N–H and O–H groups in total. The zero-order valence-electron chi connectivity index (χ0n) is 10.8. The second kappa shape index (κ2) is 5.97. The number of hydrogen-bond donors (Lipinski definition) is 0. The Morgan fingerprint density at radius 1 is 0.889 bits per heavy atom. The predicted octanol–water partition coefficient (Wildman–Crippen LogP) is 4.81. The highest BCUT2D eigenvalue weighted by atomic mass is 14.7. The van der Waals surface area contributed by atoms with Crippen molar-refractivity contribution in [3.8, 4) is 11.1 Å². The third kappa shape index (κ3) is 2.95. The number of allylic oxidation sites excluding steroid dienone is 1. The number of nitrogens with zero attached hydrogens (tertiary/aromatic N) is 1. The van der Waals surface area contributed by atoms with E-state index in [1.54, 1.807) is 6.21 Å². The maximum absolute atomic E-state index is 4.14. The summed E-state index contributed by atoms with van der Waals surface area (Å²) in [7, 11) is 0. The summed E-state index contributed by atoms with van der Waals surface area (Å²) in [5.74, 6) is 0. The first-order chi connectivity index (χ1) is 8.81. The van der Waals surface area contributed by atoms with Gasteiger partial charge in [0, 0.05) is 12.4 Å². The van der Waals surface area contributed by atoms with Crippen LogP contribution in [0.1, 0.15) is 19.4 Å². The molecule has 0 saturated heterocycles. The van der Waals surface area contributed by atoms with E-state index in [1.165, 1.54) is 22.3 Å². The van der Waals surface area contributed by atoms with Crippen molar-refractivity contribution in [3.63, 3.8) is 0 Å². The first-order valence-corrected chi connectivity index (χ1v) is 6.11. The summed E-state index contributed by atoms with van der Waals surface area (Å²) in [4.78, 5) is 4.14. The zero-order chi connectivity index (χ0) is 12.8. The Morgan fingerprint density at radius 2 is 1.50 bits per heavy atom. The predicted molar refractivity (Wildman–Crippen MR) is 79.7 cm³/mol. The summed E-state index contributed by atoms with van der Waals surface area (Å²) < 4.78 is 0. The molecular formula is C17H17N. The van der Waals surface area contributed by atoms with Gasteiger partial charge in [-0.2, -0.15) is 0 Å². The topological polar surface area (TPSA) is 12.4 Å². The second-order valence-corrected chi connectivity index (χ2v) is 4.16. The molecule has 2 rings (SSSR count). The SMILES string of the molecule is CC=N/C=C(\C)c1ccc(-c2ccccc2)cc1. The van der Waals surface area contributed by atoms with E-state index in [2.05, 4.69) is 60.4 Å². The van der Waals surface area contributed by atoms with Gasteiger partial charge in [-0.1, -0.05) is 54.6 Å². The molecule has 0 aromatic heterocycles. The van der Waals surface area contributed by atoms with Gasteiger partial charge >= 0.3 is 0 Å². The molecule has 0 saturated carbocycles. The second-order valence-electron chi connectivity index (χ2n) is 4.16. The van der Waals surface area contributed by atoms with Gasteiger partial charge in [-0.3, -0.25) is 4.99 Å². The molecule has 2 aromatic carbocycles. The molecule has 0 bridgehead atoms. The van der Waals surface area contributed by atoms with Crippen LogP contribution in [0.3, 0.4) is 0 Å². The normalized spacial score (nSPS) is 12.0. The van der Waals surface area contributed by atoms with Crippen LogP contribution < -0.4 is 0 Å². The fraction of sp³-hybridized carbons (Fsp3) is 0.118. The van der Waals surface area contributed by atoms with Crippen molar-refractivity contribution in [2.45, 2.75) is 13.8 Å². The Bertz CT molecular complexity index is 548. The van der Waals surface area contributed by atoms with Crippen LogP contribution in [0.4, 0.5) is 0 Å². The van der Waals surface area contributed by atoms with Gasteiger partial charge in [0.2, 0.25) is 0 Å². The van der Waals surface area contributed by atoms with Crippen molar-refractivity contribution in [2.24, 2.45) is 4.99 Å². The van der Waals surface area contributed by atoms with E-state index >= 15 is 0 Å². The molecule has 0 aliphatic carbocycles. The van der Waals surface area contributed by atoms with Crippen LogP contribution in [0.15, 0.2) is 65.8 Å². The third-order valence-corrected chi connectivity index (χ3v) is 2.86. The van der Waals surface area contributed by atoms with E-state index in [0.29, 0.717) is 0 Å². The number of aliphatic imine (C=N–C) groups is 1. The van der Waals surface area contributed by atoms with Crippen molar-refractivity contribution in [2.75, 3.05) is 0 Å². The molecule has 0 aliphatic rings. The van der Waals surface area contributed by atoms with Gasteiger partial charge in [-0.15, -0.1) is 0 Å². The van der Waals surface area contributed by atoms with E-state index in [0.717, 1.165) is 0 Å². The lowest BCUT2D eigenvalue weighted by Crippen LogP contribution is -1.81. The summed E-state index contributed by atoms with van der Waals surface area (Å²) in [5, 5.41) is 0. The van der Waals surface area contributed by atoms with Crippen LogP contribution in [-0.4, -0.2) is 6.21 Å². The highest BCUT2D eigenvalue weighted by Gasteiger charge is 1.98. The van der Waals surface area contributed by atoms with E-state index < -0.39 is 0 Å². The van der Waals surface area contributed by atoms with Crippen molar-refractivity contribution < 1.29 is 0 Å². The van der Waals surface area contributed by atoms with Gasteiger partial charge in [0.25, 0.3) is 0 Å². The van der Waals surface area contributed by atoms with Gasteiger partial charge in [0.05, 0.1) is 0 Å². The Balaban J connectivity index is 2.26. The lowest BCUT2D eigenvalue weighted by molar-refractivity contribution is 1.49. The molecule has 0 heterocycles. The molecule has 90 valence electrons. The quantitative estimate of drug-likeness (QED) is 0.677. The van der Waals surface area contributed by atoms with Gasteiger partial charge < -0.3 is 0 Å². The van der Waals surface area contributed by atoms with Crippen LogP contribution in [0.5, 0.6) is 0 Å². The molecule has 0 aliphatic heterocycles. The maximum atomic E-state index is 4.14. The fourth-order valence-electron chi connectivity index (χ4n) is 1.82. The minimum atomic E-state index is 1.17. The van der Waals surface area contributed by atoms with Crippen LogP contribution in [0, 0.1) is 0 Å². The Morgan fingerprint density at radius 3 is 2.11 bits per heavy atom. The van der Waals surface area contributed by atoms with E-state index in [9.17, 15) is 0 Å². The highest BCUT2D eigenvalue weighted by molar-refractivity contribution is 5.70. The Kier molecular flexibility index (Phi) is 4.08. The summed E-state index contributed by atoms with van der Waals surface area (Å²) in [6.07, 6.45) is 3.68. The van der Waals surface area contributed by atoms with Gasteiger partial charge in [0.1, 0.15) is 0 Å². The van der Waals surface area contributed by atoms with Crippen LogP contribution in [-0.2, 0) is 0 Å². The Labute approximate surface area is 109 Å². The van der Waals surface area contributed by atoms with Crippen molar-refractivity contribution >= 4 is 11.8 Å². The molecule has 0 fully saturated rings. The molecule has 0 radical (unpaired) electrons. The lowest BCUT2D eigenvalue weighted by Gasteiger charge is -2.04. The molecule has 2 aromatic rings. The first kappa shape index (κ1) is 12.3. The summed E-state index contributed by atoms with van der Waals surface area (Å²) in [6.45, 7) is 3.99. The summed E-state index contributed by atoms with van der Waals surface area (Å²) in [6, 6.07) is 19.0. The van der Waals surface area contributed by atoms with Crippen molar-refractivity contribution in [1.29, 1.82) is 0 Å². The monoisotopic (exact) mass is 235 g/mol.